The predicted molar refractivity (Wildman–Crippen MR) is 116 cm³/mol. The quantitative estimate of drug-likeness (QED) is 0.311. The van der Waals surface area contributed by atoms with Crippen LogP contribution in [0.15, 0.2) is 48.5 Å². The van der Waals surface area contributed by atoms with Gasteiger partial charge in [-0.2, -0.15) is 0 Å². The van der Waals surface area contributed by atoms with Crippen molar-refractivity contribution in [3.8, 4) is 11.5 Å². The Labute approximate surface area is 171 Å². The first-order chi connectivity index (χ1) is 12.5. The van der Waals surface area contributed by atoms with Crippen LogP contribution in [-0.4, -0.2) is 12.4 Å². The number of ether oxygens (including phenoxy) is 1. The van der Waals surface area contributed by atoms with Crippen LogP contribution in [0.4, 0.5) is 0 Å². The molecular formula is C22H29IO3. The van der Waals surface area contributed by atoms with Gasteiger partial charge >= 0.3 is 0 Å². The number of unbranched alkanes of at least 4 members (excludes halogenated alkanes) is 2. The lowest BCUT2D eigenvalue weighted by Gasteiger charge is -2.05. The topological polar surface area (TPSA) is 35.5 Å². The van der Waals surface area contributed by atoms with Crippen molar-refractivity contribution < 1.29 is 12.6 Å². The largest absolute Gasteiger partial charge is 0.494 e. The zero-order valence-corrected chi connectivity index (χ0v) is 18.1. The third kappa shape index (κ3) is 10.4. The summed E-state index contributed by atoms with van der Waals surface area (Å²) in [4.78, 5) is 10.7. The zero-order chi connectivity index (χ0) is 19.2. The fourth-order valence-corrected chi connectivity index (χ4v) is 2.57. The van der Waals surface area contributed by atoms with Crippen LogP contribution in [0.2, 0.25) is 0 Å². The Balaban J connectivity index is 0.000000260. The number of halogens is 1. The second-order valence-corrected chi connectivity index (χ2v) is 6.74. The molecule has 142 valence electrons. The van der Waals surface area contributed by atoms with Gasteiger partial charge in [0.15, 0.2) is 23.0 Å². The maximum absolute atomic E-state index is 10.7. The summed E-state index contributed by atoms with van der Waals surface area (Å²) in [5.41, 5.74) is 2.43. The van der Waals surface area contributed by atoms with Gasteiger partial charge in [-0.25, -0.2) is 0 Å². The molecule has 0 saturated heterocycles. The molecule has 0 bridgehead atoms. The molecule has 0 heterocycles. The van der Waals surface area contributed by atoms with Gasteiger partial charge in [0.1, 0.15) is 17.3 Å². The number of carbonyl (C=O) groups is 1. The molecule has 2 rings (SSSR count). The van der Waals surface area contributed by atoms with E-state index in [1.54, 1.807) is 6.92 Å². The summed E-state index contributed by atoms with van der Waals surface area (Å²) in [5, 5.41) is 0. The summed E-state index contributed by atoms with van der Waals surface area (Å²) < 4.78 is 10.6. The first kappa shape index (κ1) is 22.5. The Hall–Kier alpha value is -1.56. The summed E-state index contributed by atoms with van der Waals surface area (Å²) in [6.45, 7) is 6.74. The van der Waals surface area contributed by atoms with Crippen LogP contribution in [0.5, 0.6) is 11.5 Å². The number of carbonyl (C=O) groups excluding carboxylic acids is 1. The molecule has 0 unspecified atom stereocenters. The van der Waals surface area contributed by atoms with E-state index in [0.29, 0.717) is 6.42 Å². The fourth-order valence-electron chi connectivity index (χ4n) is 2.28. The lowest BCUT2D eigenvalue weighted by atomic mass is 10.1. The molecule has 0 aliphatic rings. The van der Waals surface area contributed by atoms with Crippen LogP contribution >= 0.6 is 23.0 Å². The average Bonchev–Trinajstić information content (AvgIpc) is 2.64. The fraction of sp³-hybridized carbons (Fsp3) is 0.409. The normalized spacial score (nSPS) is 9.85. The van der Waals surface area contributed by atoms with Crippen LogP contribution in [-0.2, 0) is 11.2 Å². The zero-order valence-electron chi connectivity index (χ0n) is 16.0. The minimum Gasteiger partial charge on any atom is -0.494 e. The summed E-state index contributed by atoms with van der Waals surface area (Å²) in [6.07, 6.45) is 5.09. The van der Waals surface area contributed by atoms with Gasteiger partial charge < -0.3 is 12.6 Å². The van der Waals surface area contributed by atoms with E-state index in [2.05, 4.69) is 26.0 Å². The third-order valence-corrected chi connectivity index (χ3v) is 4.29. The molecule has 0 N–H and O–H groups in total. The Bertz CT molecular complexity index is 638. The number of benzene rings is 2. The second-order valence-electron chi connectivity index (χ2n) is 6.30. The van der Waals surface area contributed by atoms with Crippen molar-refractivity contribution in [1.82, 2.24) is 0 Å². The minimum absolute atomic E-state index is 0.231. The molecule has 0 amide bonds. The van der Waals surface area contributed by atoms with Crippen molar-refractivity contribution in [2.45, 2.75) is 52.9 Å². The Morgan fingerprint density at radius 1 is 1.04 bits per heavy atom. The summed E-state index contributed by atoms with van der Waals surface area (Å²) in [6, 6.07) is 16.0. The highest BCUT2D eigenvalue weighted by Crippen LogP contribution is 2.15. The highest BCUT2D eigenvalue weighted by molar-refractivity contribution is 14.1. The van der Waals surface area contributed by atoms with Gasteiger partial charge in [-0.15, -0.1) is 0 Å². The van der Waals surface area contributed by atoms with Crippen molar-refractivity contribution in [2.24, 2.45) is 0 Å². The maximum Gasteiger partial charge on any atom is 0.192 e. The monoisotopic (exact) mass is 468 g/mol. The Morgan fingerprint density at radius 3 is 2.35 bits per heavy atom. The van der Waals surface area contributed by atoms with Gasteiger partial charge in [0.2, 0.25) is 0 Å². The van der Waals surface area contributed by atoms with Gasteiger partial charge in [-0.1, -0.05) is 44.0 Å². The lowest BCUT2D eigenvalue weighted by molar-refractivity contribution is -0.116. The van der Waals surface area contributed by atoms with Crippen molar-refractivity contribution in [3.63, 3.8) is 0 Å². The smallest absolute Gasteiger partial charge is 0.192 e. The molecule has 0 saturated carbocycles. The average molecular weight is 468 g/mol. The molecule has 2 aromatic carbocycles. The predicted octanol–water partition coefficient (Wildman–Crippen LogP) is 6.50. The molecule has 0 aliphatic heterocycles. The van der Waals surface area contributed by atoms with E-state index in [-0.39, 0.29) is 5.78 Å². The van der Waals surface area contributed by atoms with Gasteiger partial charge in [-0.05, 0) is 62.1 Å². The standard InChI is InChI=1S/C12H18O.C10H11IO2/c1-3-4-5-9-13-12-8-6-7-11(2)10-12;1-8(12)2-3-9-4-6-10(13-11)7-5-9/h6-8,10H,3-5,9H2,1-2H3;4-7H,2-3H2,1H3. The van der Waals surface area contributed by atoms with Gasteiger partial charge in [0.05, 0.1) is 6.61 Å². The SMILES string of the molecule is CC(=O)CCc1ccc(OI)cc1.CCCCCOc1cccc(C)c1. The Kier molecular flexibility index (Phi) is 11.8. The molecule has 0 spiro atoms. The van der Waals surface area contributed by atoms with Gasteiger partial charge in [0, 0.05) is 6.42 Å². The first-order valence-electron chi connectivity index (χ1n) is 9.11. The molecule has 3 nitrogen and oxygen atoms in total. The van der Waals surface area contributed by atoms with E-state index < -0.39 is 0 Å². The summed E-state index contributed by atoms with van der Waals surface area (Å²) >= 11 is 1.84. The lowest BCUT2D eigenvalue weighted by Crippen LogP contribution is -1.96. The van der Waals surface area contributed by atoms with E-state index in [9.17, 15) is 4.79 Å². The highest BCUT2D eigenvalue weighted by Gasteiger charge is 1.97. The van der Waals surface area contributed by atoms with Crippen molar-refractivity contribution in [3.05, 3.63) is 59.7 Å². The van der Waals surface area contributed by atoms with Crippen LogP contribution in [0.1, 0.15) is 50.7 Å². The number of rotatable bonds is 9. The van der Waals surface area contributed by atoms with Crippen LogP contribution < -0.4 is 7.80 Å². The Morgan fingerprint density at radius 2 is 1.77 bits per heavy atom. The molecule has 0 radical (unpaired) electrons. The number of aryl methyl sites for hydroxylation is 2. The van der Waals surface area contributed by atoms with E-state index >= 15 is 0 Å². The summed E-state index contributed by atoms with van der Waals surface area (Å²) in [7, 11) is 0. The van der Waals surface area contributed by atoms with Crippen LogP contribution in [0.3, 0.4) is 0 Å². The molecule has 4 heteroatoms. The molecule has 0 aliphatic carbocycles. The number of hydrogen-bond donors (Lipinski definition) is 0. The van der Waals surface area contributed by atoms with E-state index in [1.807, 2.05) is 59.4 Å². The number of ketones is 1. The molecular weight excluding hydrogens is 439 g/mol. The first-order valence-corrected chi connectivity index (χ1v) is 9.99. The second kappa shape index (κ2) is 13.6. The van der Waals surface area contributed by atoms with E-state index in [0.717, 1.165) is 30.9 Å². The molecule has 0 atom stereocenters. The molecule has 26 heavy (non-hydrogen) atoms. The van der Waals surface area contributed by atoms with E-state index in [1.165, 1.54) is 24.0 Å². The molecule has 0 fully saturated rings. The number of Topliss-reactive ketones (excluding diaryl/α,β-unsaturated/α-hetero) is 1. The third-order valence-electron chi connectivity index (χ3n) is 3.78. The minimum atomic E-state index is 0.231. The maximum atomic E-state index is 10.7. The van der Waals surface area contributed by atoms with Gasteiger partial charge in [-0.3, -0.25) is 0 Å². The number of hydrogen-bond acceptors (Lipinski definition) is 3. The van der Waals surface area contributed by atoms with Crippen molar-refractivity contribution >= 4 is 28.8 Å². The van der Waals surface area contributed by atoms with Gasteiger partial charge in [0.25, 0.3) is 0 Å². The van der Waals surface area contributed by atoms with Crippen molar-refractivity contribution in [1.29, 1.82) is 0 Å². The molecule has 0 aromatic heterocycles. The molecule has 2 aromatic rings. The van der Waals surface area contributed by atoms with E-state index in [4.69, 9.17) is 7.80 Å². The summed E-state index contributed by atoms with van der Waals surface area (Å²) in [5.74, 6) is 2.07. The highest BCUT2D eigenvalue weighted by atomic mass is 127. The van der Waals surface area contributed by atoms with Crippen LogP contribution in [0, 0.1) is 6.92 Å². The van der Waals surface area contributed by atoms with Crippen molar-refractivity contribution in [2.75, 3.05) is 6.61 Å². The van der Waals surface area contributed by atoms with Crippen LogP contribution in [0.25, 0.3) is 0 Å².